The van der Waals surface area contributed by atoms with Crippen LogP contribution >= 0.6 is 11.8 Å². The molecule has 0 aromatic heterocycles. The van der Waals surface area contributed by atoms with E-state index in [2.05, 4.69) is 32.0 Å². The number of benzene rings is 2. The molecule has 0 spiro atoms. The molecule has 0 fully saturated rings. The van der Waals surface area contributed by atoms with Crippen molar-refractivity contribution in [2.24, 2.45) is 0 Å². The lowest BCUT2D eigenvalue weighted by atomic mass is 10.1. The molecule has 1 nitrogen and oxygen atoms in total. The summed E-state index contributed by atoms with van der Waals surface area (Å²) < 4.78 is 0. The van der Waals surface area contributed by atoms with Crippen LogP contribution in [0.5, 0.6) is 5.75 Å². The monoisotopic (exact) mass is 244 g/mol. The van der Waals surface area contributed by atoms with E-state index in [9.17, 15) is 5.11 Å². The Bertz CT molecular complexity index is 520. The molecule has 2 rings (SSSR count). The van der Waals surface area contributed by atoms with Gasteiger partial charge >= 0.3 is 0 Å². The fourth-order valence-electron chi connectivity index (χ4n) is 1.63. The molecule has 88 valence electrons. The lowest BCUT2D eigenvalue weighted by Gasteiger charge is -2.05. The van der Waals surface area contributed by atoms with Crippen molar-refractivity contribution >= 4 is 11.8 Å². The van der Waals surface area contributed by atoms with E-state index in [-0.39, 0.29) is 0 Å². The summed E-state index contributed by atoms with van der Waals surface area (Å²) in [6, 6.07) is 13.9. The number of phenols is 1. The van der Waals surface area contributed by atoms with Crippen molar-refractivity contribution in [2.45, 2.75) is 24.5 Å². The van der Waals surface area contributed by atoms with Gasteiger partial charge < -0.3 is 5.11 Å². The minimum absolute atomic E-state index is 0.329. The van der Waals surface area contributed by atoms with Crippen molar-refractivity contribution in [3.05, 3.63) is 59.2 Å². The fraction of sp³-hybridized carbons (Fsp3) is 0.200. The number of rotatable bonds is 3. The largest absolute Gasteiger partial charge is 0.508 e. The molecule has 0 saturated carbocycles. The lowest BCUT2D eigenvalue weighted by molar-refractivity contribution is 0.474. The van der Waals surface area contributed by atoms with Crippen LogP contribution in [0.2, 0.25) is 0 Å². The molecule has 2 aromatic carbocycles. The standard InChI is InChI=1S/C15H16OS/c1-11-6-7-13(8-12(11)2)10-17-15-5-3-4-14(16)9-15/h3-9,16H,10H2,1-2H3. The van der Waals surface area contributed by atoms with Gasteiger partial charge in [-0.2, -0.15) is 0 Å². The number of hydrogen-bond donors (Lipinski definition) is 1. The van der Waals surface area contributed by atoms with E-state index in [0.717, 1.165) is 10.6 Å². The maximum absolute atomic E-state index is 9.38. The molecule has 0 aliphatic carbocycles. The van der Waals surface area contributed by atoms with Crippen LogP contribution in [0.1, 0.15) is 16.7 Å². The van der Waals surface area contributed by atoms with Crippen LogP contribution in [0.25, 0.3) is 0 Å². The molecule has 0 atom stereocenters. The molecule has 0 saturated heterocycles. The van der Waals surface area contributed by atoms with Crippen molar-refractivity contribution < 1.29 is 5.11 Å². The Kier molecular flexibility index (Phi) is 3.75. The first-order valence-electron chi connectivity index (χ1n) is 5.63. The lowest BCUT2D eigenvalue weighted by Crippen LogP contribution is -1.85. The van der Waals surface area contributed by atoms with Crippen LogP contribution in [-0.2, 0) is 5.75 Å². The second-order valence-electron chi connectivity index (χ2n) is 4.20. The first-order chi connectivity index (χ1) is 8.15. The summed E-state index contributed by atoms with van der Waals surface area (Å²) in [4.78, 5) is 1.10. The first-order valence-corrected chi connectivity index (χ1v) is 6.61. The highest BCUT2D eigenvalue weighted by atomic mass is 32.2. The van der Waals surface area contributed by atoms with Gasteiger partial charge in [-0.1, -0.05) is 24.3 Å². The molecule has 0 radical (unpaired) electrons. The van der Waals surface area contributed by atoms with Crippen LogP contribution in [0.15, 0.2) is 47.4 Å². The van der Waals surface area contributed by atoms with E-state index < -0.39 is 0 Å². The molecular weight excluding hydrogens is 228 g/mol. The van der Waals surface area contributed by atoms with Crippen LogP contribution in [0.3, 0.4) is 0 Å². The molecule has 2 aromatic rings. The van der Waals surface area contributed by atoms with Gasteiger partial charge in [-0.15, -0.1) is 11.8 Å². The third-order valence-electron chi connectivity index (χ3n) is 2.79. The predicted molar refractivity (Wildman–Crippen MR) is 73.6 cm³/mol. The highest BCUT2D eigenvalue weighted by Gasteiger charge is 1.99. The molecule has 17 heavy (non-hydrogen) atoms. The quantitative estimate of drug-likeness (QED) is 0.812. The number of aromatic hydroxyl groups is 1. The predicted octanol–water partition coefficient (Wildman–Crippen LogP) is 4.30. The van der Waals surface area contributed by atoms with E-state index in [1.807, 2.05) is 12.1 Å². The summed E-state index contributed by atoms with van der Waals surface area (Å²) in [5.74, 6) is 1.26. The minimum atomic E-state index is 0.329. The summed E-state index contributed by atoms with van der Waals surface area (Å²) in [5.41, 5.74) is 3.98. The van der Waals surface area contributed by atoms with Crippen molar-refractivity contribution in [1.29, 1.82) is 0 Å². The molecule has 0 heterocycles. The Morgan fingerprint density at radius 3 is 2.53 bits per heavy atom. The molecule has 2 heteroatoms. The van der Waals surface area contributed by atoms with E-state index in [1.54, 1.807) is 23.9 Å². The SMILES string of the molecule is Cc1ccc(CSc2cccc(O)c2)cc1C. The Labute approximate surface area is 107 Å². The van der Waals surface area contributed by atoms with E-state index >= 15 is 0 Å². The second-order valence-corrected chi connectivity index (χ2v) is 5.25. The van der Waals surface area contributed by atoms with Gasteiger partial charge in [-0.05, 0) is 48.7 Å². The molecule has 0 aliphatic rings. The molecule has 0 aliphatic heterocycles. The number of phenolic OH excluding ortho intramolecular Hbond substituents is 1. The smallest absolute Gasteiger partial charge is 0.116 e. The van der Waals surface area contributed by atoms with Gasteiger partial charge in [0, 0.05) is 10.6 Å². The highest BCUT2D eigenvalue weighted by Crippen LogP contribution is 2.26. The Balaban J connectivity index is 2.05. The topological polar surface area (TPSA) is 20.2 Å². The first kappa shape index (κ1) is 12.1. The maximum atomic E-state index is 9.38. The summed E-state index contributed by atoms with van der Waals surface area (Å²) >= 11 is 1.74. The van der Waals surface area contributed by atoms with Crippen molar-refractivity contribution in [3.63, 3.8) is 0 Å². The molecule has 0 unspecified atom stereocenters. The van der Waals surface area contributed by atoms with Crippen molar-refractivity contribution in [1.82, 2.24) is 0 Å². The Morgan fingerprint density at radius 1 is 1.00 bits per heavy atom. The molecule has 0 amide bonds. The third kappa shape index (κ3) is 3.27. The average molecular weight is 244 g/mol. The zero-order valence-corrected chi connectivity index (χ0v) is 10.9. The number of hydrogen-bond acceptors (Lipinski definition) is 2. The molecule has 1 N–H and O–H groups in total. The Hall–Kier alpha value is -1.41. The van der Waals surface area contributed by atoms with E-state index in [1.165, 1.54) is 16.7 Å². The summed E-state index contributed by atoms with van der Waals surface area (Å²) in [5, 5.41) is 9.38. The summed E-state index contributed by atoms with van der Waals surface area (Å²) in [6.07, 6.45) is 0. The van der Waals surface area contributed by atoms with Gasteiger partial charge in [0.05, 0.1) is 0 Å². The maximum Gasteiger partial charge on any atom is 0.116 e. The summed E-state index contributed by atoms with van der Waals surface area (Å²) in [7, 11) is 0. The number of thioether (sulfide) groups is 1. The zero-order valence-electron chi connectivity index (χ0n) is 10.1. The van der Waals surface area contributed by atoms with Gasteiger partial charge in [0.15, 0.2) is 0 Å². The van der Waals surface area contributed by atoms with E-state index in [0.29, 0.717) is 5.75 Å². The van der Waals surface area contributed by atoms with Gasteiger partial charge in [0.1, 0.15) is 5.75 Å². The van der Waals surface area contributed by atoms with Crippen LogP contribution in [0.4, 0.5) is 0 Å². The normalized spacial score (nSPS) is 10.5. The van der Waals surface area contributed by atoms with Crippen molar-refractivity contribution in [2.75, 3.05) is 0 Å². The van der Waals surface area contributed by atoms with Gasteiger partial charge in [-0.3, -0.25) is 0 Å². The molecular formula is C15H16OS. The molecule has 0 bridgehead atoms. The fourth-order valence-corrected chi connectivity index (χ4v) is 2.53. The van der Waals surface area contributed by atoms with Gasteiger partial charge in [0.2, 0.25) is 0 Å². The minimum Gasteiger partial charge on any atom is -0.508 e. The third-order valence-corrected chi connectivity index (χ3v) is 3.86. The van der Waals surface area contributed by atoms with E-state index in [4.69, 9.17) is 0 Å². The van der Waals surface area contributed by atoms with Crippen LogP contribution < -0.4 is 0 Å². The van der Waals surface area contributed by atoms with Crippen LogP contribution in [0, 0.1) is 13.8 Å². The van der Waals surface area contributed by atoms with Crippen molar-refractivity contribution in [3.8, 4) is 5.75 Å². The second kappa shape index (κ2) is 5.28. The highest BCUT2D eigenvalue weighted by molar-refractivity contribution is 7.98. The summed E-state index contributed by atoms with van der Waals surface area (Å²) in [6.45, 7) is 4.26. The van der Waals surface area contributed by atoms with Gasteiger partial charge in [-0.25, -0.2) is 0 Å². The average Bonchev–Trinajstić information content (AvgIpc) is 2.31. The van der Waals surface area contributed by atoms with Crippen LogP contribution in [-0.4, -0.2) is 5.11 Å². The number of aryl methyl sites for hydroxylation is 2. The van der Waals surface area contributed by atoms with Gasteiger partial charge in [0.25, 0.3) is 0 Å². The zero-order chi connectivity index (χ0) is 12.3. The Morgan fingerprint density at radius 2 is 1.82 bits per heavy atom.